The zero-order valence-electron chi connectivity index (χ0n) is 7.64. The molecular formula is C8H13N3OS. The average Bonchev–Trinajstić information content (AvgIpc) is 2.54. The number of thiocarbonyl (C=S) groups is 1. The fourth-order valence-corrected chi connectivity index (χ4v) is 1.04. The number of nitrogens with zero attached hydrogens (tertiary/aromatic N) is 3. The minimum Gasteiger partial charge on any atom is -0.375 e. The van der Waals surface area contributed by atoms with Crippen molar-refractivity contribution >= 4 is 17.6 Å². The summed E-state index contributed by atoms with van der Waals surface area (Å²) in [4.78, 5) is 0. The summed E-state index contributed by atoms with van der Waals surface area (Å²) < 4.78 is 7.00. The number of hydrogen-bond acceptors (Lipinski definition) is 4. The van der Waals surface area contributed by atoms with E-state index < -0.39 is 0 Å². The molecule has 1 rings (SSSR count). The SMILES string of the molecule is CCCOCc1cn(CC=S)nn1. The Balaban J connectivity index is 2.35. The van der Waals surface area contributed by atoms with Gasteiger partial charge in [-0.2, -0.15) is 0 Å². The van der Waals surface area contributed by atoms with Gasteiger partial charge in [0.25, 0.3) is 0 Å². The van der Waals surface area contributed by atoms with Gasteiger partial charge in [-0.3, -0.25) is 0 Å². The second kappa shape index (κ2) is 5.77. The van der Waals surface area contributed by atoms with Gasteiger partial charge < -0.3 is 4.74 Å². The number of hydrogen-bond donors (Lipinski definition) is 0. The first-order chi connectivity index (χ1) is 6.36. The molecule has 0 N–H and O–H groups in total. The molecule has 0 aliphatic heterocycles. The van der Waals surface area contributed by atoms with Crippen molar-refractivity contribution in [3.05, 3.63) is 11.9 Å². The van der Waals surface area contributed by atoms with Crippen LogP contribution in [0.5, 0.6) is 0 Å². The molecule has 0 saturated heterocycles. The van der Waals surface area contributed by atoms with Crippen LogP contribution < -0.4 is 0 Å². The second-order valence-corrected chi connectivity index (χ2v) is 2.98. The van der Waals surface area contributed by atoms with Crippen molar-refractivity contribution in [3.63, 3.8) is 0 Å². The molecule has 0 atom stereocenters. The van der Waals surface area contributed by atoms with E-state index in [1.807, 2.05) is 6.20 Å². The highest BCUT2D eigenvalue weighted by Crippen LogP contribution is 1.95. The summed E-state index contributed by atoms with van der Waals surface area (Å²) >= 11 is 4.70. The summed E-state index contributed by atoms with van der Waals surface area (Å²) in [5.74, 6) is 0. The van der Waals surface area contributed by atoms with Crippen molar-refractivity contribution in [3.8, 4) is 0 Å². The quantitative estimate of drug-likeness (QED) is 0.510. The van der Waals surface area contributed by atoms with Gasteiger partial charge in [0, 0.05) is 12.0 Å². The van der Waals surface area contributed by atoms with Crippen LogP contribution in [0.1, 0.15) is 19.0 Å². The summed E-state index contributed by atoms with van der Waals surface area (Å²) in [5, 5.41) is 9.42. The van der Waals surface area contributed by atoms with Crippen molar-refractivity contribution in [2.75, 3.05) is 6.61 Å². The summed E-state index contributed by atoms with van der Waals surface area (Å²) in [5.41, 5.74) is 0.852. The van der Waals surface area contributed by atoms with Crippen LogP contribution in [0.25, 0.3) is 0 Å². The first kappa shape index (κ1) is 10.3. The summed E-state index contributed by atoms with van der Waals surface area (Å²) in [6.07, 6.45) is 2.87. The Morgan fingerprint density at radius 3 is 3.23 bits per heavy atom. The van der Waals surface area contributed by atoms with E-state index in [1.165, 1.54) is 0 Å². The Morgan fingerprint density at radius 1 is 1.69 bits per heavy atom. The van der Waals surface area contributed by atoms with Gasteiger partial charge >= 0.3 is 0 Å². The van der Waals surface area contributed by atoms with Crippen LogP contribution in [0.3, 0.4) is 0 Å². The van der Waals surface area contributed by atoms with Gasteiger partial charge in [0.1, 0.15) is 5.69 Å². The van der Waals surface area contributed by atoms with Crippen molar-refractivity contribution in [2.45, 2.75) is 26.5 Å². The highest BCUT2D eigenvalue weighted by molar-refractivity contribution is 7.78. The van der Waals surface area contributed by atoms with E-state index in [1.54, 1.807) is 10.0 Å². The van der Waals surface area contributed by atoms with E-state index in [9.17, 15) is 0 Å². The third-order valence-corrected chi connectivity index (χ3v) is 1.60. The molecular weight excluding hydrogens is 186 g/mol. The summed E-state index contributed by atoms with van der Waals surface area (Å²) in [7, 11) is 0. The molecule has 0 saturated carbocycles. The summed E-state index contributed by atoms with van der Waals surface area (Å²) in [6.45, 7) is 3.99. The molecule has 0 spiro atoms. The fraction of sp³-hybridized carbons (Fsp3) is 0.625. The molecule has 5 heteroatoms. The van der Waals surface area contributed by atoms with Crippen molar-refractivity contribution < 1.29 is 4.74 Å². The highest BCUT2D eigenvalue weighted by Gasteiger charge is 1.98. The maximum atomic E-state index is 5.31. The van der Waals surface area contributed by atoms with Crippen molar-refractivity contribution in [1.29, 1.82) is 0 Å². The third kappa shape index (κ3) is 3.61. The number of aromatic nitrogens is 3. The average molecular weight is 199 g/mol. The fourth-order valence-electron chi connectivity index (χ4n) is 0.891. The Hall–Kier alpha value is -0.810. The predicted molar refractivity (Wildman–Crippen MR) is 53.6 cm³/mol. The maximum absolute atomic E-state index is 5.31. The highest BCUT2D eigenvalue weighted by atomic mass is 32.1. The Labute approximate surface area is 82.9 Å². The maximum Gasteiger partial charge on any atom is 0.108 e. The lowest BCUT2D eigenvalue weighted by molar-refractivity contribution is 0.119. The lowest BCUT2D eigenvalue weighted by Crippen LogP contribution is -1.97. The van der Waals surface area contributed by atoms with Gasteiger partial charge in [0.2, 0.25) is 0 Å². The van der Waals surface area contributed by atoms with E-state index in [4.69, 9.17) is 17.0 Å². The molecule has 0 bridgehead atoms. The van der Waals surface area contributed by atoms with Gasteiger partial charge in [0.05, 0.1) is 19.3 Å². The third-order valence-electron chi connectivity index (χ3n) is 1.45. The van der Waals surface area contributed by atoms with E-state index >= 15 is 0 Å². The topological polar surface area (TPSA) is 39.9 Å². The summed E-state index contributed by atoms with van der Waals surface area (Å²) in [6, 6.07) is 0. The number of rotatable bonds is 6. The Kier molecular flexibility index (Phi) is 4.56. The van der Waals surface area contributed by atoms with Gasteiger partial charge in [-0.1, -0.05) is 24.4 Å². The zero-order chi connectivity index (χ0) is 9.52. The molecule has 0 aliphatic rings. The van der Waals surface area contributed by atoms with Crippen molar-refractivity contribution in [2.24, 2.45) is 0 Å². The molecule has 0 amide bonds. The largest absolute Gasteiger partial charge is 0.375 e. The molecule has 0 unspecified atom stereocenters. The molecule has 1 aromatic rings. The van der Waals surface area contributed by atoms with E-state index in [0.717, 1.165) is 18.7 Å². The molecule has 0 aliphatic carbocycles. The molecule has 72 valence electrons. The molecule has 1 aromatic heterocycles. The van der Waals surface area contributed by atoms with E-state index in [0.29, 0.717) is 13.2 Å². The first-order valence-electron chi connectivity index (χ1n) is 4.27. The van der Waals surface area contributed by atoms with E-state index in [-0.39, 0.29) is 0 Å². The molecule has 13 heavy (non-hydrogen) atoms. The molecule has 1 heterocycles. The standard InChI is InChI=1S/C8H13N3OS/c1-2-4-12-7-8-6-11(3-5-13)10-9-8/h5-6H,2-4,7H2,1H3. The lowest BCUT2D eigenvalue weighted by Gasteiger charge is -1.96. The van der Waals surface area contributed by atoms with Gasteiger partial charge in [-0.05, 0) is 6.42 Å². The van der Waals surface area contributed by atoms with Crippen LogP contribution in [0.2, 0.25) is 0 Å². The van der Waals surface area contributed by atoms with Crippen LogP contribution in [-0.4, -0.2) is 27.0 Å². The molecule has 0 fully saturated rings. The molecule has 0 radical (unpaired) electrons. The predicted octanol–water partition coefficient (Wildman–Crippen LogP) is 1.20. The first-order valence-corrected chi connectivity index (χ1v) is 4.74. The lowest BCUT2D eigenvalue weighted by atomic mass is 10.5. The second-order valence-electron chi connectivity index (χ2n) is 2.65. The van der Waals surface area contributed by atoms with Gasteiger partial charge in [-0.15, -0.1) is 5.10 Å². The Bertz CT molecular complexity index is 262. The van der Waals surface area contributed by atoms with Crippen LogP contribution in [0.15, 0.2) is 6.20 Å². The minimum atomic E-state index is 0.533. The minimum absolute atomic E-state index is 0.533. The van der Waals surface area contributed by atoms with Gasteiger partial charge in [0.15, 0.2) is 0 Å². The van der Waals surface area contributed by atoms with Crippen molar-refractivity contribution in [1.82, 2.24) is 15.0 Å². The molecule has 4 nitrogen and oxygen atoms in total. The van der Waals surface area contributed by atoms with Crippen LogP contribution in [0, 0.1) is 0 Å². The van der Waals surface area contributed by atoms with Gasteiger partial charge in [-0.25, -0.2) is 4.68 Å². The van der Waals surface area contributed by atoms with Crippen LogP contribution >= 0.6 is 12.2 Å². The normalized spacial score (nSPS) is 10.2. The monoisotopic (exact) mass is 199 g/mol. The Morgan fingerprint density at radius 2 is 2.54 bits per heavy atom. The van der Waals surface area contributed by atoms with Crippen LogP contribution in [0.4, 0.5) is 0 Å². The number of ether oxygens (including phenoxy) is 1. The molecule has 0 aromatic carbocycles. The smallest absolute Gasteiger partial charge is 0.108 e. The van der Waals surface area contributed by atoms with E-state index in [2.05, 4.69) is 17.2 Å². The van der Waals surface area contributed by atoms with Crippen LogP contribution in [-0.2, 0) is 17.9 Å². The zero-order valence-corrected chi connectivity index (χ0v) is 8.46.